The SMILES string of the molecule is CC(C)(C)OC(=O)C[C@H]1CN(C(=O)CCl)CCC/C=C\[C@@H]2C[C@@]2(C(=O)NS(=O)(=O)C2CC2)CC(=O)[C@@H]2CC(OC(=O)N3Cc4cccc(F)c4C3)CN2C1=O. The van der Waals surface area contributed by atoms with Gasteiger partial charge in [-0.3, -0.25) is 33.6 Å². The summed E-state index contributed by atoms with van der Waals surface area (Å²) in [6.07, 6.45) is 2.84. The van der Waals surface area contributed by atoms with Crippen molar-refractivity contribution in [1.29, 1.82) is 0 Å². The molecule has 1 saturated heterocycles. The van der Waals surface area contributed by atoms with Gasteiger partial charge in [-0.25, -0.2) is 17.6 Å². The lowest BCUT2D eigenvalue weighted by Gasteiger charge is -2.32. The zero-order valence-corrected chi connectivity index (χ0v) is 32.8. The lowest BCUT2D eigenvalue weighted by molar-refractivity contribution is -0.159. The van der Waals surface area contributed by atoms with Gasteiger partial charge in [0.2, 0.25) is 27.7 Å². The molecule has 14 nitrogen and oxygen atoms in total. The van der Waals surface area contributed by atoms with E-state index in [0.29, 0.717) is 36.8 Å². The molecule has 1 aromatic carbocycles. The number of amides is 4. The first-order valence-corrected chi connectivity index (χ1v) is 20.8. The predicted molar refractivity (Wildman–Crippen MR) is 196 cm³/mol. The van der Waals surface area contributed by atoms with Gasteiger partial charge in [0.1, 0.15) is 23.4 Å². The van der Waals surface area contributed by atoms with E-state index in [0.717, 1.165) is 0 Å². The molecule has 55 heavy (non-hydrogen) atoms. The minimum atomic E-state index is -3.94. The zero-order valence-electron chi connectivity index (χ0n) is 31.3. The van der Waals surface area contributed by atoms with E-state index in [9.17, 15) is 41.6 Å². The summed E-state index contributed by atoms with van der Waals surface area (Å²) in [5, 5.41) is -0.669. The number of hydrogen-bond donors (Lipinski definition) is 1. The molecular formula is C38H48ClFN4O10S. The topological polar surface area (TPSA) is 177 Å². The fraction of sp³-hybridized carbons (Fsp3) is 0.632. The lowest BCUT2D eigenvalue weighted by atomic mass is 9.91. The molecule has 5 atom stereocenters. The number of benzene rings is 1. The molecule has 17 heteroatoms. The average Bonchev–Trinajstić information content (AvgIpc) is 3.99. The molecule has 3 fully saturated rings. The summed E-state index contributed by atoms with van der Waals surface area (Å²) in [4.78, 5) is 86.5. The normalized spacial score (nSPS) is 27.9. The molecule has 5 aliphatic rings. The number of alkyl halides is 1. The predicted octanol–water partition coefficient (Wildman–Crippen LogP) is 3.59. The number of rotatable bonds is 7. The molecule has 2 aliphatic carbocycles. The number of nitrogens with zero attached hydrogens (tertiary/aromatic N) is 3. The summed E-state index contributed by atoms with van der Waals surface area (Å²) in [6.45, 7) is 4.83. The van der Waals surface area contributed by atoms with Gasteiger partial charge >= 0.3 is 12.1 Å². The van der Waals surface area contributed by atoms with Crippen LogP contribution in [0.3, 0.4) is 0 Å². The van der Waals surface area contributed by atoms with E-state index in [1.54, 1.807) is 39.0 Å². The standard InChI is InChI=1S/C38H48ClFN4O10S/c1-37(2,3)54-33(47)14-24-20-42(32(46)18-39)13-6-4-5-9-25-16-38(25,35(49)41-55(51,52)27-11-12-27)17-31(45)30-15-26(21-44(30)34(24)48)53-36(50)43-19-23-8-7-10-29(40)28(23)22-43/h5,7-10,24-27,30H,4,6,11-22H2,1-3H3,(H,41,49)/b9-5-/t24-,25+,26?,30-,38+/m0/s1. The Morgan fingerprint density at radius 3 is 2.49 bits per heavy atom. The molecule has 1 aromatic rings. The number of nitrogens with one attached hydrogen (secondary N) is 1. The molecule has 6 rings (SSSR count). The second-order valence-corrected chi connectivity index (χ2v) is 18.5. The van der Waals surface area contributed by atoms with E-state index in [1.165, 1.54) is 20.8 Å². The second-order valence-electron chi connectivity index (χ2n) is 16.3. The Morgan fingerprint density at radius 2 is 1.82 bits per heavy atom. The maximum Gasteiger partial charge on any atom is 0.410 e. The highest BCUT2D eigenvalue weighted by atomic mass is 35.5. The van der Waals surface area contributed by atoms with Crippen LogP contribution in [0.5, 0.6) is 0 Å². The van der Waals surface area contributed by atoms with Crippen molar-refractivity contribution in [3.05, 3.63) is 47.3 Å². The third-order valence-corrected chi connectivity index (χ3v) is 12.9. The van der Waals surface area contributed by atoms with E-state index in [1.807, 2.05) is 6.08 Å². The van der Waals surface area contributed by atoms with Gasteiger partial charge in [0.15, 0.2) is 5.78 Å². The third kappa shape index (κ3) is 9.33. The minimum Gasteiger partial charge on any atom is -0.460 e. The number of hydrogen-bond acceptors (Lipinski definition) is 10. The smallest absolute Gasteiger partial charge is 0.410 e. The number of sulfonamides is 1. The van der Waals surface area contributed by atoms with Crippen LogP contribution >= 0.6 is 11.6 Å². The fourth-order valence-electron chi connectivity index (χ4n) is 7.79. The average molecular weight is 807 g/mol. The van der Waals surface area contributed by atoms with E-state index in [-0.39, 0.29) is 51.4 Å². The van der Waals surface area contributed by atoms with Crippen LogP contribution in [0.2, 0.25) is 0 Å². The van der Waals surface area contributed by atoms with Crippen molar-refractivity contribution in [2.75, 3.05) is 25.5 Å². The van der Waals surface area contributed by atoms with E-state index in [2.05, 4.69) is 4.72 Å². The Balaban J connectivity index is 1.31. The number of esters is 1. The molecule has 1 unspecified atom stereocenters. The number of Topliss-reactive ketones (excluding diaryl/α,β-unsaturated/α-hetero) is 1. The van der Waals surface area contributed by atoms with Gasteiger partial charge in [0, 0.05) is 38.0 Å². The van der Waals surface area contributed by atoms with Crippen molar-refractivity contribution in [1.82, 2.24) is 19.4 Å². The van der Waals surface area contributed by atoms with Gasteiger partial charge in [-0.2, -0.15) is 0 Å². The Morgan fingerprint density at radius 1 is 1.07 bits per heavy atom. The summed E-state index contributed by atoms with van der Waals surface area (Å²) < 4.78 is 53.8. The highest BCUT2D eigenvalue weighted by Crippen LogP contribution is 2.57. The van der Waals surface area contributed by atoms with Crippen LogP contribution in [0.25, 0.3) is 0 Å². The summed E-state index contributed by atoms with van der Waals surface area (Å²) in [5.41, 5.74) is -1.28. The molecular weight excluding hydrogens is 759 g/mol. The number of carbonyl (C=O) groups is 6. The zero-order chi connectivity index (χ0) is 39.9. The molecule has 0 radical (unpaired) electrons. The first-order chi connectivity index (χ1) is 25.9. The second kappa shape index (κ2) is 15.8. The number of fused-ring (bicyclic) bond motifs is 3. The van der Waals surface area contributed by atoms with Crippen LogP contribution in [-0.4, -0.2) is 107 Å². The Hall–Kier alpha value is -4.05. The van der Waals surface area contributed by atoms with Crippen molar-refractivity contribution < 1.29 is 51.0 Å². The molecule has 2 saturated carbocycles. The number of carbonyl (C=O) groups excluding carboxylic acids is 6. The molecule has 0 spiro atoms. The third-order valence-electron chi connectivity index (χ3n) is 10.9. The maximum atomic E-state index is 14.6. The summed E-state index contributed by atoms with van der Waals surface area (Å²) in [6, 6.07) is 3.33. The minimum absolute atomic E-state index is 0.0305. The van der Waals surface area contributed by atoms with Gasteiger partial charge in [-0.15, -0.1) is 11.6 Å². The van der Waals surface area contributed by atoms with Crippen molar-refractivity contribution in [3.8, 4) is 0 Å². The van der Waals surface area contributed by atoms with Gasteiger partial charge in [0.25, 0.3) is 0 Å². The highest BCUT2D eigenvalue weighted by molar-refractivity contribution is 7.90. The highest BCUT2D eigenvalue weighted by Gasteiger charge is 2.61. The molecule has 3 heterocycles. The number of ketones is 1. The van der Waals surface area contributed by atoms with Crippen LogP contribution in [0.1, 0.15) is 83.3 Å². The summed E-state index contributed by atoms with van der Waals surface area (Å²) in [7, 11) is -3.94. The van der Waals surface area contributed by atoms with E-state index in [4.69, 9.17) is 21.1 Å². The van der Waals surface area contributed by atoms with Crippen molar-refractivity contribution in [3.63, 3.8) is 0 Å². The summed E-state index contributed by atoms with van der Waals surface area (Å²) >= 11 is 5.97. The van der Waals surface area contributed by atoms with Gasteiger partial charge in [-0.1, -0.05) is 24.3 Å². The summed E-state index contributed by atoms with van der Waals surface area (Å²) in [5.74, 6) is -5.64. The Bertz CT molecular complexity index is 1880. The monoisotopic (exact) mass is 806 g/mol. The van der Waals surface area contributed by atoms with Gasteiger partial charge in [0.05, 0.1) is 42.1 Å². The van der Waals surface area contributed by atoms with Crippen molar-refractivity contribution >= 4 is 57.2 Å². The quantitative estimate of drug-likeness (QED) is 0.244. The fourth-order valence-corrected chi connectivity index (χ4v) is 9.34. The van der Waals surface area contributed by atoms with Crippen LogP contribution in [0.4, 0.5) is 9.18 Å². The maximum absolute atomic E-state index is 14.6. The first kappa shape index (κ1) is 40.6. The van der Waals surface area contributed by atoms with E-state index < -0.39 is 104 Å². The molecule has 0 aromatic heterocycles. The van der Waals surface area contributed by atoms with Crippen LogP contribution in [0.15, 0.2) is 30.4 Å². The Kier molecular flexibility index (Phi) is 11.7. The number of ether oxygens (including phenoxy) is 2. The largest absolute Gasteiger partial charge is 0.460 e. The van der Waals surface area contributed by atoms with E-state index >= 15 is 0 Å². The number of halogens is 2. The van der Waals surface area contributed by atoms with Crippen molar-refractivity contribution in [2.24, 2.45) is 17.3 Å². The first-order valence-electron chi connectivity index (χ1n) is 18.7. The van der Waals surface area contributed by atoms with Crippen LogP contribution in [-0.2, 0) is 56.6 Å². The van der Waals surface area contributed by atoms with Gasteiger partial charge < -0.3 is 19.3 Å². The molecule has 300 valence electrons. The Labute approximate surface area is 325 Å². The van der Waals surface area contributed by atoms with Crippen LogP contribution in [0, 0.1) is 23.1 Å². The molecule has 0 bridgehead atoms. The van der Waals surface area contributed by atoms with Gasteiger partial charge in [-0.05, 0) is 70.4 Å². The molecule has 3 aliphatic heterocycles. The molecule has 1 N–H and O–H groups in total. The van der Waals surface area contributed by atoms with Crippen LogP contribution < -0.4 is 4.72 Å². The lowest BCUT2D eigenvalue weighted by Crippen LogP contribution is -2.49. The molecule has 4 amide bonds. The number of allylic oxidation sites excluding steroid dienone is 2. The van der Waals surface area contributed by atoms with Crippen molar-refractivity contribution in [2.45, 2.75) is 108 Å².